The highest BCUT2D eigenvalue weighted by Gasteiger charge is 2.09. The van der Waals surface area contributed by atoms with Gasteiger partial charge in [-0.1, -0.05) is 0 Å². The van der Waals surface area contributed by atoms with Gasteiger partial charge in [-0.15, -0.1) is 0 Å². The summed E-state index contributed by atoms with van der Waals surface area (Å²) < 4.78 is 0. The summed E-state index contributed by atoms with van der Waals surface area (Å²) in [5.41, 5.74) is 0. The van der Waals surface area contributed by atoms with Gasteiger partial charge in [0.05, 0.1) is 0 Å². The third-order valence-electron chi connectivity index (χ3n) is 3.44. The molecule has 1 rings (SSSR count). The Balaban J connectivity index is 1.94. The lowest BCUT2D eigenvalue weighted by atomic mass is 10.2. The number of nitrogens with one attached hydrogen (secondary N) is 3. The van der Waals surface area contributed by atoms with E-state index in [1.165, 1.54) is 0 Å². The molecule has 0 aromatic carbocycles. The Bertz CT molecular complexity index is 315. The third kappa shape index (κ3) is 9.42. The number of rotatable bonds is 9. The molecule has 6 heteroatoms. The molecule has 1 aliphatic heterocycles. The van der Waals surface area contributed by atoms with Crippen molar-refractivity contribution in [2.75, 3.05) is 39.3 Å². The van der Waals surface area contributed by atoms with Crippen LogP contribution < -0.4 is 16.0 Å². The zero-order valence-electron chi connectivity index (χ0n) is 13.4. The molecule has 1 saturated heterocycles. The van der Waals surface area contributed by atoms with Crippen LogP contribution in [0.3, 0.4) is 0 Å². The average Bonchev–Trinajstić information content (AvgIpc) is 2.44. The number of hydrogen-bond donors (Lipinski definition) is 3. The second-order valence-electron chi connectivity index (χ2n) is 5.87. The average molecular weight is 298 g/mol. The fraction of sp³-hybridized carbons (Fsp3) is 0.867. The number of hydrogen-bond acceptors (Lipinski definition) is 4. The first-order chi connectivity index (χ1) is 10.1. The highest BCUT2D eigenvalue weighted by Crippen LogP contribution is 1.97. The second kappa shape index (κ2) is 10.6. The highest BCUT2D eigenvalue weighted by atomic mass is 16.2. The van der Waals surface area contributed by atoms with Crippen LogP contribution in [0.25, 0.3) is 0 Å². The van der Waals surface area contributed by atoms with Crippen LogP contribution in [0.5, 0.6) is 0 Å². The summed E-state index contributed by atoms with van der Waals surface area (Å²) in [6.45, 7) is 9.94. The van der Waals surface area contributed by atoms with Gasteiger partial charge in [0.1, 0.15) is 0 Å². The van der Waals surface area contributed by atoms with Gasteiger partial charge in [0.15, 0.2) is 0 Å². The summed E-state index contributed by atoms with van der Waals surface area (Å²) in [5.74, 6) is 0.0733. The molecule has 1 heterocycles. The van der Waals surface area contributed by atoms with E-state index in [1.807, 2.05) is 13.8 Å². The molecule has 0 saturated carbocycles. The zero-order chi connectivity index (χ0) is 15.5. The van der Waals surface area contributed by atoms with Crippen molar-refractivity contribution < 1.29 is 9.59 Å². The second-order valence-corrected chi connectivity index (χ2v) is 5.87. The standard InChI is InChI=1S/C15H30N4O2/c1-13(2)18-15(21)6-3-5-14(20)17-7-4-10-19-11-8-16-9-12-19/h13,16H,3-12H2,1-2H3,(H,17,20)(H,18,21). The lowest BCUT2D eigenvalue weighted by Gasteiger charge is -2.27. The van der Waals surface area contributed by atoms with E-state index in [1.54, 1.807) is 0 Å². The number of nitrogens with zero attached hydrogens (tertiary/aromatic N) is 1. The van der Waals surface area contributed by atoms with Crippen molar-refractivity contribution in [1.29, 1.82) is 0 Å². The first kappa shape index (κ1) is 17.9. The van der Waals surface area contributed by atoms with Crippen LogP contribution >= 0.6 is 0 Å². The Hall–Kier alpha value is -1.14. The fourth-order valence-electron chi connectivity index (χ4n) is 2.36. The van der Waals surface area contributed by atoms with E-state index < -0.39 is 0 Å². The third-order valence-corrected chi connectivity index (χ3v) is 3.44. The van der Waals surface area contributed by atoms with Gasteiger partial charge in [0.2, 0.25) is 11.8 Å². The molecule has 0 unspecified atom stereocenters. The van der Waals surface area contributed by atoms with Crippen LogP contribution in [-0.2, 0) is 9.59 Å². The topological polar surface area (TPSA) is 73.5 Å². The van der Waals surface area contributed by atoms with Gasteiger partial charge in [-0.05, 0) is 33.2 Å². The van der Waals surface area contributed by atoms with Gasteiger partial charge in [-0.3, -0.25) is 9.59 Å². The van der Waals surface area contributed by atoms with Crippen molar-refractivity contribution in [3.8, 4) is 0 Å². The van der Waals surface area contributed by atoms with Crippen LogP contribution in [-0.4, -0.2) is 62.0 Å². The first-order valence-corrected chi connectivity index (χ1v) is 8.07. The summed E-state index contributed by atoms with van der Waals surface area (Å²) in [6, 6.07) is 0.163. The quantitative estimate of drug-likeness (QED) is 0.528. The molecule has 2 amide bonds. The Labute approximate surface area is 128 Å². The van der Waals surface area contributed by atoms with Gasteiger partial charge in [0.25, 0.3) is 0 Å². The van der Waals surface area contributed by atoms with Crippen LogP contribution in [0.2, 0.25) is 0 Å². The summed E-state index contributed by atoms with van der Waals surface area (Å²) in [7, 11) is 0. The smallest absolute Gasteiger partial charge is 0.220 e. The number of carbonyl (C=O) groups is 2. The number of amides is 2. The van der Waals surface area contributed by atoms with Gasteiger partial charge >= 0.3 is 0 Å². The predicted molar refractivity (Wildman–Crippen MR) is 84.1 cm³/mol. The molecule has 0 aromatic heterocycles. The highest BCUT2D eigenvalue weighted by molar-refractivity contribution is 5.78. The Morgan fingerprint density at radius 1 is 1.10 bits per heavy atom. The van der Waals surface area contributed by atoms with E-state index in [-0.39, 0.29) is 17.9 Å². The lowest BCUT2D eigenvalue weighted by Crippen LogP contribution is -2.44. The van der Waals surface area contributed by atoms with E-state index >= 15 is 0 Å². The number of carbonyl (C=O) groups excluding carboxylic acids is 2. The normalized spacial score (nSPS) is 16.0. The summed E-state index contributed by atoms with van der Waals surface area (Å²) in [6.07, 6.45) is 2.45. The van der Waals surface area contributed by atoms with Crippen molar-refractivity contribution in [2.45, 2.75) is 45.6 Å². The van der Waals surface area contributed by atoms with Gasteiger partial charge in [-0.25, -0.2) is 0 Å². The molecule has 6 nitrogen and oxygen atoms in total. The molecule has 0 bridgehead atoms. The van der Waals surface area contributed by atoms with Crippen molar-refractivity contribution in [2.24, 2.45) is 0 Å². The van der Waals surface area contributed by atoms with Gasteiger partial charge in [-0.2, -0.15) is 0 Å². The maximum absolute atomic E-state index is 11.6. The molecule has 1 aliphatic rings. The molecule has 1 fully saturated rings. The Morgan fingerprint density at radius 2 is 1.76 bits per heavy atom. The van der Waals surface area contributed by atoms with Gasteiger partial charge < -0.3 is 20.9 Å². The van der Waals surface area contributed by atoms with Crippen molar-refractivity contribution in [3.05, 3.63) is 0 Å². The van der Waals surface area contributed by atoms with E-state index in [9.17, 15) is 9.59 Å². The molecule has 0 spiro atoms. The predicted octanol–water partition coefficient (Wildman–Crippen LogP) is 0.0928. The fourth-order valence-corrected chi connectivity index (χ4v) is 2.36. The molecule has 0 radical (unpaired) electrons. The van der Waals surface area contributed by atoms with Crippen molar-refractivity contribution in [3.63, 3.8) is 0 Å². The molecule has 3 N–H and O–H groups in total. The maximum atomic E-state index is 11.6. The van der Waals surface area contributed by atoms with Crippen LogP contribution in [0.1, 0.15) is 39.5 Å². The van der Waals surface area contributed by atoms with Crippen LogP contribution in [0, 0.1) is 0 Å². The molecule has 0 aromatic rings. The molecule has 0 atom stereocenters. The molecular weight excluding hydrogens is 268 g/mol. The molecule has 122 valence electrons. The van der Waals surface area contributed by atoms with Gasteiger partial charge in [0, 0.05) is 51.6 Å². The molecular formula is C15H30N4O2. The van der Waals surface area contributed by atoms with Crippen molar-refractivity contribution in [1.82, 2.24) is 20.9 Å². The molecule has 0 aliphatic carbocycles. The minimum atomic E-state index is 0.0245. The zero-order valence-corrected chi connectivity index (χ0v) is 13.4. The minimum Gasteiger partial charge on any atom is -0.356 e. The van der Waals surface area contributed by atoms with E-state index in [2.05, 4.69) is 20.9 Å². The van der Waals surface area contributed by atoms with E-state index in [4.69, 9.17) is 0 Å². The summed E-state index contributed by atoms with van der Waals surface area (Å²) in [5, 5.41) is 9.07. The van der Waals surface area contributed by atoms with E-state index in [0.717, 1.165) is 45.7 Å². The SMILES string of the molecule is CC(C)NC(=O)CCCC(=O)NCCCN1CCNCC1. The Kier molecular flexibility index (Phi) is 9.01. The summed E-state index contributed by atoms with van der Waals surface area (Å²) >= 11 is 0. The lowest BCUT2D eigenvalue weighted by molar-refractivity contribution is -0.122. The summed E-state index contributed by atoms with van der Waals surface area (Å²) in [4.78, 5) is 25.5. The largest absolute Gasteiger partial charge is 0.356 e. The van der Waals surface area contributed by atoms with Crippen LogP contribution in [0.15, 0.2) is 0 Å². The monoisotopic (exact) mass is 298 g/mol. The van der Waals surface area contributed by atoms with E-state index in [0.29, 0.717) is 19.3 Å². The minimum absolute atomic E-state index is 0.0245. The van der Waals surface area contributed by atoms with Crippen molar-refractivity contribution >= 4 is 11.8 Å². The first-order valence-electron chi connectivity index (χ1n) is 8.07. The van der Waals surface area contributed by atoms with Crippen LogP contribution in [0.4, 0.5) is 0 Å². The molecule has 21 heavy (non-hydrogen) atoms. The number of piperazine rings is 1. The Morgan fingerprint density at radius 3 is 2.43 bits per heavy atom. The maximum Gasteiger partial charge on any atom is 0.220 e.